The van der Waals surface area contributed by atoms with E-state index in [1.807, 2.05) is 0 Å². The van der Waals surface area contributed by atoms with Crippen LogP contribution in [-0.2, 0) is 4.79 Å². The van der Waals surface area contributed by atoms with Crippen LogP contribution >= 0.6 is 11.8 Å². The van der Waals surface area contributed by atoms with Crippen molar-refractivity contribution in [1.82, 2.24) is 15.0 Å². The zero-order valence-electron chi connectivity index (χ0n) is 14.8. The topological polar surface area (TPSA) is 112 Å². The van der Waals surface area contributed by atoms with Crippen LogP contribution in [0.15, 0.2) is 35.6 Å². The summed E-state index contributed by atoms with van der Waals surface area (Å²) in [6, 6.07) is 5.89. The molecule has 0 radical (unpaired) electrons. The fraction of sp³-hybridized carbons (Fsp3) is 0.235. The number of amides is 1. The van der Waals surface area contributed by atoms with E-state index >= 15 is 0 Å². The van der Waals surface area contributed by atoms with Crippen molar-refractivity contribution in [2.45, 2.75) is 17.0 Å². The van der Waals surface area contributed by atoms with Crippen molar-refractivity contribution in [3.8, 4) is 17.2 Å². The number of thioether (sulfide) groups is 1. The molecule has 0 aliphatic carbocycles. The summed E-state index contributed by atoms with van der Waals surface area (Å²) in [6.45, 7) is -2.93. The Kier molecular flexibility index (Phi) is 5.83. The predicted octanol–water partition coefficient (Wildman–Crippen LogP) is 2.90. The van der Waals surface area contributed by atoms with Gasteiger partial charge in [-0.25, -0.2) is 4.98 Å². The van der Waals surface area contributed by atoms with Gasteiger partial charge in [-0.3, -0.25) is 9.78 Å². The lowest BCUT2D eigenvalue weighted by Gasteiger charge is -2.16. The summed E-state index contributed by atoms with van der Waals surface area (Å²) in [4.78, 5) is 23.6. The summed E-state index contributed by atoms with van der Waals surface area (Å²) < 4.78 is 39.7. The van der Waals surface area contributed by atoms with Gasteiger partial charge in [-0.1, -0.05) is 11.8 Å². The minimum Gasteiger partial charge on any atom is -0.493 e. The number of imidazole rings is 1. The van der Waals surface area contributed by atoms with Crippen LogP contribution in [0.2, 0.25) is 0 Å². The first kappa shape index (κ1) is 19.7. The van der Waals surface area contributed by atoms with Crippen LogP contribution < -0.4 is 19.9 Å². The Bertz CT molecular complexity index is 998. The normalized spacial score (nSPS) is 12.2. The Morgan fingerprint density at radius 1 is 1.25 bits per heavy atom. The van der Waals surface area contributed by atoms with Crippen molar-refractivity contribution in [1.29, 1.82) is 0 Å². The number of primary amides is 1. The monoisotopic (exact) mass is 410 g/mol. The molecule has 1 unspecified atom stereocenters. The Hall–Kier alpha value is -3.08. The number of ether oxygens (including phenoxy) is 3. The van der Waals surface area contributed by atoms with E-state index in [4.69, 9.17) is 15.2 Å². The number of aromatic amines is 1. The Morgan fingerprint density at radius 2 is 2.04 bits per heavy atom. The molecule has 0 saturated heterocycles. The molecule has 3 N–H and O–H groups in total. The number of carbonyl (C=O) groups is 1. The van der Waals surface area contributed by atoms with E-state index in [0.29, 0.717) is 21.9 Å². The summed E-state index contributed by atoms with van der Waals surface area (Å²) in [5, 5.41) is -0.581. The molecule has 2 aromatic heterocycles. The van der Waals surface area contributed by atoms with Crippen molar-refractivity contribution >= 4 is 28.7 Å². The fourth-order valence-corrected chi connectivity index (χ4v) is 3.49. The number of nitrogens with zero attached hydrogens (tertiary/aromatic N) is 2. The Labute approximate surface area is 162 Å². The minimum atomic E-state index is -2.93. The first-order valence-corrected chi connectivity index (χ1v) is 8.78. The van der Waals surface area contributed by atoms with Gasteiger partial charge in [-0.05, 0) is 12.1 Å². The van der Waals surface area contributed by atoms with Gasteiger partial charge < -0.3 is 24.9 Å². The highest BCUT2D eigenvalue weighted by molar-refractivity contribution is 8.00. The van der Waals surface area contributed by atoms with Gasteiger partial charge in [-0.15, -0.1) is 0 Å². The van der Waals surface area contributed by atoms with Gasteiger partial charge >= 0.3 is 6.61 Å². The van der Waals surface area contributed by atoms with Gasteiger partial charge in [-0.2, -0.15) is 8.78 Å². The number of fused-ring (bicyclic) bond motifs is 1. The molecule has 28 heavy (non-hydrogen) atoms. The van der Waals surface area contributed by atoms with E-state index in [0.717, 1.165) is 11.8 Å². The summed E-state index contributed by atoms with van der Waals surface area (Å²) in [5.41, 5.74) is 6.82. The third-order valence-corrected chi connectivity index (χ3v) is 4.82. The van der Waals surface area contributed by atoms with Crippen LogP contribution in [0.1, 0.15) is 10.9 Å². The van der Waals surface area contributed by atoms with Gasteiger partial charge in [0.15, 0.2) is 16.7 Å². The third-order valence-electron chi connectivity index (χ3n) is 3.71. The second-order valence-electron chi connectivity index (χ2n) is 5.43. The van der Waals surface area contributed by atoms with Crippen LogP contribution in [0, 0.1) is 0 Å². The summed E-state index contributed by atoms with van der Waals surface area (Å²) in [7, 11) is 2.89. The lowest BCUT2D eigenvalue weighted by Crippen LogP contribution is -2.20. The summed E-state index contributed by atoms with van der Waals surface area (Å²) in [5.74, 6) is 0.0132. The van der Waals surface area contributed by atoms with E-state index in [9.17, 15) is 13.6 Å². The highest BCUT2D eigenvalue weighted by Gasteiger charge is 2.28. The molecular formula is C17H16F2N4O4S. The van der Waals surface area contributed by atoms with Crippen molar-refractivity contribution < 1.29 is 27.8 Å². The van der Waals surface area contributed by atoms with Crippen LogP contribution in [0.5, 0.6) is 17.2 Å². The van der Waals surface area contributed by atoms with Gasteiger partial charge in [0.2, 0.25) is 5.91 Å². The number of pyridine rings is 1. The summed E-state index contributed by atoms with van der Waals surface area (Å²) >= 11 is 1.02. The Morgan fingerprint density at radius 3 is 2.68 bits per heavy atom. The number of aromatic nitrogens is 3. The average molecular weight is 410 g/mol. The maximum absolute atomic E-state index is 12.4. The molecule has 3 rings (SSSR count). The third kappa shape index (κ3) is 4.09. The molecule has 8 nitrogen and oxygen atoms in total. The van der Waals surface area contributed by atoms with Crippen LogP contribution in [0.25, 0.3) is 11.0 Å². The maximum atomic E-state index is 12.4. The van der Waals surface area contributed by atoms with Gasteiger partial charge in [0, 0.05) is 18.3 Å². The second kappa shape index (κ2) is 8.30. The molecule has 0 aliphatic heterocycles. The molecule has 0 spiro atoms. The fourth-order valence-electron chi connectivity index (χ4n) is 2.56. The maximum Gasteiger partial charge on any atom is 0.387 e. The number of methoxy groups -OCH3 is 2. The smallest absolute Gasteiger partial charge is 0.387 e. The van der Waals surface area contributed by atoms with Crippen molar-refractivity contribution in [2.24, 2.45) is 5.73 Å². The lowest BCUT2D eigenvalue weighted by atomic mass is 10.2. The van der Waals surface area contributed by atoms with Crippen LogP contribution in [-0.4, -0.2) is 41.7 Å². The van der Waals surface area contributed by atoms with Crippen molar-refractivity contribution in [2.75, 3.05) is 14.2 Å². The molecular weight excluding hydrogens is 394 g/mol. The standard InChI is InChI=1S/C17H16F2N4O4S/c1-25-11-5-6-21-12(13(11)26-2)14(15(20)24)28-17-22-9-4-3-8(27-16(18)19)7-10(9)23-17/h3-7,14,16H,1-2H3,(H2,20,24)(H,22,23). The molecule has 1 amide bonds. The molecule has 11 heteroatoms. The molecule has 0 bridgehead atoms. The van der Waals surface area contributed by atoms with Crippen molar-refractivity contribution in [3.63, 3.8) is 0 Å². The molecule has 0 aliphatic rings. The molecule has 1 atom stereocenters. The molecule has 0 saturated carbocycles. The predicted molar refractivity (Wildman–Crippen MR) is 97.9 cm³/mol. The SMILES string of the molecule is COc1ccnc(C(Sc2nc3ccc(OC(F)F)cc3[nH]2)C(N)=O)c1OC. The van der Waals surface area contributed by atoms with Gasteiger partial charge in [0.25, 0.3) is 0 Å². The van der Waals surface area contributed by atoms with E-state index in [-0.39, 0.29) is 17.2 Å². The largest absolute Gasteiger partial charge is 0.493 e. The molecule has 3 aromatic rings. The minimum absolute atomic E-state index is 0.00900. The van der Waals surface area contributed by atoms with Crippen LogP contribution in [0.4, 0.5) is 8.78 Å². The second-order valence-corrected chi connectivity index (χ2v) is 6.53. The number of hydrogen-bond acceptors (Lipinski definition) is 7. The average Bonchev–Trinajstić information content (AvgIpc) is 3.06. The number of carbonyl (C=O) groups excluding carboxylic acids is 1. The zero-order valence-corrected chi connectivity index (χ0v) is 15.6. The number of halogens is 2. The van der Waals surface area contributed by atoms with Crippen molar-refractivity contribution in [3.05, 3.63) is 36.2 Å². The van der Waals surface area contributed by atoms with E-state index in [1.54, 1.807) is 6.07 Å². The number of benzene rings is 1. The highest BCUT2D eigenvalue weighted by Crippen LogP contribution is 2.41. The number of nitrogens with one attached hydrogen (secondary N) is 1. The van der Waals surface area contributed by atoms with Gasteiger partial charge in [0.05, 0.1) is 25.3 Å². The quantitative estimate of drug-likeness (QED) is 0.549. The number of alkyl halides is 2. The number of H-pyrrole nitrogens is 1. The number of rotatable bonds is 8. The molecule has 0 fully saturated rings. The number of hydrogen-bond donors (Lipinski definition) is 2. The molecule has 1 aromatic carbocycles. The van der Waals surface area contributed by atoms with Gasteiger partial charge in [0.1, 0.15) is 16.7 Å². The zero-order chi connectivity index (χ0) is 20.3. The van der Waals surface area contributed by atoms with Crippen LogP contribution in [0.3, 0.4) is 0 Å². The first-order chi connectivity index (χ1) is 13.4. The van der Waals surface area contributed by atoms with E-state index < -0.39 is 17.8 Å². The molecule has 148 valence electrons. The number of nitrogens with two attached hydrogens (primary N) is 1. The molecule has 2 heterocycles. The Balaban J connectivity index is 1.94. The summed E-state index contributed by atoms with van der Waals surface area (Å²) in [6.07, 6.45) is 1.47. The van der Waals surface area contributed by atoms with E-state index in [2.05, 4.69) is 19.7 Å². The first-order valence-electron chi connectivity index (χ1n) is 7.90. The lowest BCUT2D eigenvalue weighted by molar-refractivity contribution is -0.117. The van der Waals surface area contributed by atoms with E-state index in [1.165, 1.54) is 38.6 Å². The highest BCUT2D eigenvalue weighted by atomic mass is 32.2.